The topological polar surface area (TPSA) is 149 Å². The van der Waals surface area contributed by atoms with Gasteiger partial charge in [-0.1, -0.05) is 451 Å². The number of benzene rings is 16. The van der Waals surface area contributed by atoms with Gasteiger partial charge in [0.25, 0.3) is 0 Å². The molecule has 26 rings (SSSR count). The summed E-state index contributed by atoms with van der Waals surface area (Å²) in [7, 11) is 0. The van der Waals surface area contributed by atoms with E-state index in [-0.39, 0.29) is 36.1 Å². The zero-order valence-electron chi connectivity index (χ0n) is 73.0. The molecule has 1 aliphatic rings. The van der Waals surface area contributed by atoms with Crippen LogP contribution in [0.15, 0.2) is 419 Å². The van der Waals surface area contributed by atoms with Crippen LogP contribution in [-0.2, 0) is 0 Å². The highest BCUT2D eigenvalue weighted by Crippen LogP contribution is 2.51. The van der Waals surface area contributed by atoms with E-state index in [0.29, 0.717) is 33.3 Å². The third-order valence-electron chi connectivity index (χ3n) is 24.3. The number of halogens is 9. The molecule has 0 N–H and O–H groups in total. The normalized spacial score (nSPS) is 11.3. The number of para-hydroxylation sites is 8. The first kappa shape index (κ1) is 89.0. The Morgan fingerprint density at radius 2 is 0.424 bits per heavy atom. The average molecular weight is 1980 g/mol. The Morgan fingerprint density at radius 3 is 0.820 bits per heavy atom. The van der Waals surface area contributed by atoms with E-state index in [4.69, 9.17) is 134 Å². The summed E-state index contributed by atoms with van der Waals surface area (Å²) in [5, 5.41) is 11.3. The van der Waals surface area contributed by atoms with E-state index in [0.717, 1.165) is 140 Å². The molecule has 14 nitrogen and oxygen atoms in total. The van der Waals surface area contributed by atoms with E-state index < -0.39 is 0 Å². The minimum absolute atomic E-state index is 0.0144. The second-order valence-corrected chi connectivity index (χ2v) is 35.7. The average Bonchev–Trinajstić information content (AvgIpc) is 1.52. The van der Waals surface area contributed by atoms with Crippen molar-refractivity contribution in [2.24, 2.45) is 0 Å². The van der Waals surface area contributed by atoms with Crippen LogP contribution in [0.3, 0.4) is 0 Å². The summed E-state index contributed by atoms with van der Waals surface area (Å²) >= 11 is 54.1. The second-order valence-electron chi connectivity index (χ2n) is 32.4. The van der Waals surface area contributed by atoms with Crippen molar-refractivity contribution in [2.45, 2.75) is 0 Å². The van der Waals surface area contributed by atoms with Crippen LogP contribution in [0.1, 0.15) is 0 Å². The van der Waals surface area contributed by atoms with Crippen LogP contribution in [0.2, 0.25) is 46.1 Å². The van der Waals surface area contributed by atoms with Crippen molar-refractivity contribution < 1.29 is 0 Å². The highest BCUT2D eigenvalue weighted by molar-refractivity contribution is 6.47. The quantitative estimate of drug-likeness (QED) is 0.0957. The molecule has 0 bridgehead atoms. The van der Waals surface area contributed by atoms with Crippen LogP contribution in [0, 0.1) is 0 Å². The van der Waals surface area contributed by atoms with Gasteiger partial charge in [0.15, 0.2) is 44.6 Å². The first-order chi connectivity index (χ1) is 68.3. The molecule has 0 radical (unpaired) electrons. The highest BCUT2D eigenvalue weighted by atomic mass is 35.5. The number of fused-ring (bicyclic) bond motifs is 17. The summed E-state index contributed by atoms with van der Waals surface area (Å²) in [5.41, 5.74) is 23.4. The monoisotopic (exact) mass is 1970 g/mol. The lowest BCUT2D eigenvalue weighted by atomic mass is 9.92. The van der Waals surface area contributed by atoms with Gasteiger partial charge in [-0.05, 0) is 82.9 Å². The van der Waals surface area contributed by atoms with Crippen LogP contribution in [0.5, 0.6) is 0 Å². The van der Waals surface area contributed by atoms with E-state index in [2.05, 4.69) is 258 Å². The van der Waals surface area contributed by atoms with Crippen molar-refractivity contribution in [1.82, 2.24) is 68.1 Å². The first-order valence-corrected chi connectivity index (χ1v) is 47.7. The Balaban J connectivity index is 0.000000105. The van der Waals surface area contributed by atoms with Crippen molar-refractivity contribution in [3.05, 3.63) is 465 Å². The van der Waals surface area contributed by atoms with E-state index >= 15 is 0 Å². The lowest BCUT2D eigenvalue weighted by Gasteiger charge is -2.19. The molecule has 0 saturated carbocycles. The minimum Gasteiger partial charge on any atom is -0.293 e. The third kappa shape index (κ3) is 16.9. The standard InChI is InChI=1S/C34H22ClN3.C34H21N3.C28H18ClN3.C16H8Cl3N3.C4Cl4N2/c35-28-20-10-7-19-27(28)31-32(23-13-3-1-4-14-23)36-33(24-15-5-2-6-16-24)37-34(31)38-29-21-11-8-17-25(29)26-18-9-12-22-30(26)38;1-3-12-22(13-4-1)31-30-26-18-8-7-16-24(26)27-19-11-20-28-25-17-9-10-21-29(25)37(32(27)28)34(30)36-33(35-31)23-14-5-2-6-15-23;29-25-26(19-11-3-1-4-12-19)30-27(20-13-5-2-6-14-20)31-28(25)32-23-17-9-7-15-21(23)22-16-8-10-18-24(22)32;17-13-14(18)20-16(19)21-15(13)22-11-7-3-1-5-9(11)10-6-2-4-8-12(10)22;5-1-2(6)9-4(8)10-3(1)7/h1-22H;1-21H;1-18H;1-8H;. The predicted octanol–water partition coefficient (Wildman–Crippen LogP) is 34.0. The fraction of sp³-hybridized carbons (Fsp3) is 0. The number of hydrogen-bond acceptors (Lipinski definition) is 10. The van der Waals surface area contributed by atoms with Gasteiger partial charge >= 0.3 is 0 Å². The summed E-state index contributed by atoms with van der Waals surface area (Å²) in [5.74, 6) is 4.89. The molecule has 0 saturated heterocycles. The van der Waals surface area contributed by atoms with Gasteiger partial charge in [0.05, 0.1) is 72.3 Å². The molecule has 666 valence electrons. The summed E-state index contributed by atoms with van der Waals surface area (Å²) in [6, 6.07) is 143. The van der Waals surface area contributed by atoms with Gasteiger partial charge in [0.2, 0.25) is 10.6 Å². The predicted molar refractivity (Wildman–Crippen MR) is 575 cm³/mol. The Bertz CT molecular complexity index is 8840. The van der Waals surface area contributed by atoms with E-state index in [1.165, 1.54) is 49.0 Å². The van der Waals surface area contributed by atoms with Gasteiger partial charge < -0.3 is 0 Å². The fourth-order valence-electron chi connectivity index (χ4n) is 18.3. The molecule has 10 heterocycles. The maximum absolute atomic E-state index is 7.05. The van der Waals surface area contributed by atoms with Gasteiger partial charge in [0, 0.05) is 92.6 Å². The summed E-state index contributed by atoms with van der Waals surface area (Å²) < 4.78 is 8.71. The molecule has 0 aliphatic carbocycles. The van der Waals surface area contributed by atoms with Gasteiger partial charge in [-0.25, -0.2) is 44.9 Å². The Hall–Kier alpha value is -15.3. The molecule has 16 aromatic carbocycles. The van der Waals surface area contributed by atoms with Crippen LogP contribution in [-0.4, -0.2) is 68.1 Å². The fourth-order valence-corrected chi connectivity index (χ4v) is 20.0. The highest BCUT2D eigenvalue weighted by Gasteiger charge is 2.32. The van der Waals surface area contributed by atoms with Crippen molar-refractivity contribution in [3.8, 4) is 125 Å². The zero-order chi connectivity index (χ0) is 94.3. The lowest BCUT2D eigenvalue weighted by molar-refractivity contribution is 1.04. The van der Waals surface area contributed by atoms with Gasteiger partial charge in [-0.3, -0.25) is 18.3 Å². The largest absolute Gasteiger partial charge is 0.293 e. The van der Waals surface area contributed by atoms with Crippen molar-refractivity contribution in [3.63, 3.8) is 0 Å². The van der Waals surface area contributed by atoms with E-state index in [9.17, 15) is 0 Å². The molecule has 0 atom stereocenters. The zero-order valence-corrected chi connectivity index (χ0v) is 79.8. The molecular formula is C116H69Cl9N14. The Kier molecular flexibility index (Phi) is 24.8. The molecule has 0 amide bonds. The lowest BCUT2D eigenvalue weighted by Crippen LogP contribution is -2.06. The van der Waals surface area contributed by atoms with Crippen LogP contribution in [0.4, 0.5) is 0 Å². The minimum atomic E-state index is -0.0144. The molecule has 0 fully saturated rings. The first-order valence-electron chi connectivity index (χ1n) is 44.3. The summed E-state index contributed by atoms with van der Waals surface area (Å²) in [6.07, 6.45) is 0. The molecule has 25 aromatic rings. The molecule has 0 spiro atoms. The molecule has 139 heavy (non-hydrogen) atoms. The van der Waals surface area contributed by atoms with Crippen LogP contribution < -0.4 is 0 Å². The van der Waals surface area contributed by atoms with Crippen molar-refractivity contribution >= 4 is 192 Å². The van der Waals surface area contributed by atoms with Crippen molar-refractivity contribution in [2.75, 3.05) is 0 Å². The number of hydrogen-bond donors (Lipinski definition) is 0. The smallest absolute Gasteiger partial charge is 0.225 e. The second kappa shape index (κ2) is 38.7. The summed E-state index contributed by atoms with van der Waals surface area (Å²) in [4.78, 5) is 46.1. The third-order valence-corrected chi connectivity index (χ3v) is 27.1. The van der Waals surface area contributed by atoms with Crippen molar-refractivity contribution in [1.29, 1.82) is 0 Å². The number of rotatable bonds is 10. The Morgan fingerprint density at radius 1 is 0.165 bits per heavy atom. The molecular weight excluding hydrogens is 1910 g/mol. The van der Waals surface area contributed by atoms with Crippen LogP contribution in [0.25, 0.3) is 212 Å². The maximum Gasteiger partial charge on any atom is 0.225 e. The molecule has 9 aromatic heterocycles. The SMILES string of the molecule is Clc1c(-c2ccccc2)nc(-c2ccccc2)nc1-n1c2ccccc2c2ccccc21.Clc1ccccc1-c1c(-c2ccccc2)nc(-c2ccccc2)nc1-n1c2ccccc2c2ccccc21.Clc1nc(Cl)c(Cl)c(-n2c3ccccc3c3ccccc32)n1.Clc1nc(Cl)c(Cl)c(Cl)n1.c1ccc(-c2nc(-c3ccccc3)c3c(n2)-n2c4ccccc4c4cccc(c42)-c2ccccc2-3)cc1. The van der Waals surface area contributed by atoms with Gasteiger partial charge in [-0.15, -0.1) is 0 Å². The molecule has 0 unspecified atom stereocenters. The van der Waals surface area contributed by atoms with E-state index in [1.54, 1.807) is 0 Å². The van der Waals surface area contributed by atoms with Gasteiger partial charge in [0.1, 0.15) is 26.7 Å². The Labute approximate surface area is 841 Å². The number of nitrogens with zero attached hydrogens (tertiary/aromatic N) is 14. The maximum atomic E-state index is 7.05. The molecule has 23 heteroatoms. The number of aromatic nitrogens is 14. The van der Waals surface area contributed by atoms with E-state index in [1.807, 2.05) is 199 Å². The molecule has 1 aliphatic heterocycles. The summed E-state index contributed by atoms with van der Waals surface area (Å²) in [6.45, 7) is 0. The van der Waals surface area contributed by atoms with Gasteiger partial charge in [-0.2, -0.15) is 4.98 Å². The van der Waals surface area contributed by atoms with Crippen LogP contribution >= 0.6 is 104 Å².